The lowest BCUT2D eigenvalue weighted by atomic mass is 10.2. The van der Waals surface area contributed by atoms with Gasteiger partial charge in [0.05, 0.1) is 6.10 Å². The second-order valence-corrected chi connectivity index (χ2v) is 2.16. The predicted octanol–water partition coefficient (Wildman–Crippen LogP) is 0.894. The Bertz CT molecular complexity index is 57.5. The van der Waals surface area contributed by atoms with Gasteiger partial charge >= 0.3 is 0 Å². The molecule has 1 atom stereocenters. The molecule has 0 aromatic heterocycles. The van der Waals surface area contributed by atoms with Crippen LogP contribution >= 0.6 is 0 Å². The molecule has 0 bridgehead atoms. The summed E-state index contributed by atoms with van der Waals surface area (Å²) in [6.45, 7) is 4.84. The van der Waals surface area contributed by atoms with Crippen LogP contribution in [-0.2, 0) is 4.74 Å². The van der Waals surface area contributed by atoms with E-state index in [0.717, 1.165) is 6.54 Å². The van der Waals surface area contributed by atoms with E-state index >= 15 is 0 Å². The number of nitrogens with one attached hydrogen (secondary N) is 1. The summed E-state index contributed by atoms with van der Waals surface area (Å²) in [6.07, 6.45) is 2.80. The SMILES string of the molecule is CC1CCCN[CH]O1. The van der Waals surface area contributed by atoms with Gasteiger partial charge in [0.2, 0.25) is 0 Å². The lowest BCUT2D eigenvalue weighted by Crippen LogP contribution is -2.10. The monoisotopic (exact) mass is 114 g/mol. The molecular weight excluding hydrogens is 102 g/mol. The van der Waals surface area contributed by atoms with E-state index in [4.69, 9.17) is 4.74 Å². The van der Waals surface area contributed by atoms with Crippen molar-refractivity contribution >= 4 is 0 Å². The summed E-state index contributed by atoms with van der Waals surface area (Å²) >= 11 is 0. The zero-order valence-electron chi connectivity index (χ0n) is 5.18. The third-order valence-corrected chi connectivity index (χ3v) is 1.32. The van der Waals surface area contributed by atoms with E-state index in [1.165, 1.54) is 12.8 Å². The van der Waals surface area contributed by atoms with Crippen molar-refractivity contribution in [2.45, 2.75) is 25.9 Å². The number of rotatable bonds is 0. The highest BCUT2D eigenvalue weighted by Gasteiger charge is 2.04. The Morgan fingerprint density at radius 3 is 3.50 bits per heavy atom. The third kappa shape index (κ3) is 1.80. The molecule has 0 aliphatic carbocycles. The van der Waals surface area contributed by atoms with Crippen LogP contribution in [0.15, 0.2) is 0 Å². The van der Waals surface area contributed by atoms with Crippen molar-refractivity contribution in [3.8, 4) is 0 Å². The maximum Gasteiger partial charge on any atom is 0.148 e. The molecule has 2 heteroatoms. The standard InChI is InChI=1S/C6H12NO/c1-6-3-2-4-7-5-8-6/h5-7H,2-4H2,1H3. The van der Waals surface area contributed by atoms with Crippen molar-refractivity contribution in [2.24, 2.45) is 0 Å². The topological polar surface area (TPSA) is 21.3 Å². The fourth-order valence-corrected chi connectivity index (χ4v) is 0.783. The Morgan fingerprint density at radius 1 is 1.75 bits per heavy atom. The van der Waals surface area contributed by atoms with Crippen molar-refractivity contribution < 1.29 is 4.74 Å². The summed E-state index contributed by atoms with van der Waals surface area (Å²) in [4.78, 5) is 0. The summed E-state index contributed by atoms with van der Waals surface area (Å²) < 4.78 is 5.17. The zero-order valence-corrected chi connectivity index (χ0v) is 5.18. The Hall–Kier alpha value is -0.0800. The van der Waals surface area contributed by atoms with Crippen LogP contribution in [0.2, 0.25) is 0 Å². The molecule has 1 saturated heterocycles. The third-order valence-electron chi connectivity index (χ3n) is 1.32. The average molecular weight is 114 g/mol. The first-order valence-electron chi connectivity index (χ1n) is 3.10. The molecule has 1 aliphatic rings. The molecule has 1 fully saturated rings. The van der Waals surface area contributed by atoms with Gasteiger partial charge in [-0.15, -0.1) is 0 Å². The second-order valence-electron chi connectivity index (χ2n) is 2.16. The van der Waals surface area contributed by atoms with Crippen LogP contribution < -0.4 is 5.32 Å². The summed E-state index contributed by atoms with van der Waals surface area (Å²) in [5.74, 6) is 0. The lowest BCUT2D eigenvalue weighted by molar-refractivity contribution is 0.114. The number of ether oxygens (including phenoxy) is 1. The van der Waals surface area contributed by atoms with Gasteiger partial charge in [-0.3, -0.25) is 5.32 Å². The molecule has 1 radical (unpaired) electrons. The van der Waals surface area contributed by atoms with Gasteiger partial charge < -0.3 is 4.74 Å². The van der Waals surface area contributed by atoms with Gasteiger partial charge in [-0.25, -0.2) is 0 Å². The number of hydrogen-bond acceptors (Lipinski definition) is 2. The molecule has 1 N–H and O–H groups in total. The normalized spacial score (nSPS) is 31.9. The highest BCUT2D eigenvalue weighted by molar-refractivity contribution is 4.61. The van der Waals surface area contributed by atoms with Gasteiger partial charge in [-0.05, 0) is 26.3 Å². The van der Waals surface area contributed by atoms with Gasteiger partial charge in [0.1, 0.15) is 6.73 Å². The highest BCUT2D eigenvalue weighted by atomic mass is 16.5. The first kappa shape index (κ1) is 6.05. The molecule has 47 valence electrons. The summed E-state index contributed by atoms with van der Waals surface area (Å²) in [7, 11) is 0. The Balaban J connectivity index is 2.17. The molecule has 2 nitrogen and oxygen atoms in total. The first-order chi connectivity index (χ1) is 3.89. The van der Waals surface area contributed by atoms with Crippen molar-refractivity contribution in [1.82, 2.24) is 5.32 Å². The van der Waals surface area contributed by atoms with Crippen LogP contribution in [0.25, 0.3) is 0 Å². The van der Waals surface area contributed by atoms with Crippen LogP contribution in [-0.4, -0.2) is 12.6 Å². The van der Waals surface area contributed by atoms with E-state index in [9.17, 15) is 0 Å². The largest absolute Gasteiger partial charge is 0.356 e. The molecule has 1 rings (SSSR count). The zero-order chi connectivity index (χ0) is 5.82. The maximum absolute atomic E-state index is 5.17. The molecule has 0 saturated carbocycles. The Labute approximate surface area is 50.2 Å². The van der Waals surface area contributed by atoms with Crippen LogP contribution in [0.3, 0.4) is 0 Å². The van der Waals surface area contributed by atoms with Crippen molar-refractivity contribution in [3.05, 3.63) is 6.73 Å². The van der Waals surface area contributed by atoms with Crippen LogP contribution in [0.4, 0.5) is 0 Å². The second kappa shape index (κ2) is 3.05. The first-order valence-corrected chi connectivity index (χ1v) is 3.10. The van der Waals surface area contributed by atoms with Gasteiger partial charge in [-0.2, -0.15) is 0 Å². The van der Waals surface area contributed by atoms with Gasteiger partial charge in [0.25, 0.3) is 0 Å². The van der Waals surface area contributed by atoms with E-state index in [2.05, 4.69) is 12.2 Å². The quantitative estimate of drug-likeness (QED) is 0.505. The van der Waals surface area contributed by atoms with Crippen LogP contribution in [0.1, 0.15) is 19.8 Å². The van der Waals surface area contributed by atoms with Crippen molar-refractivity contribution in [3.63, 3.8) is 0 Å². The highest BCUT2D eigenvalue weighted by Crippen LogP contribution is 2.04. The van der Waals surface area contributed by atoms with Crippen LogP contribution in [0, 0.1) is 6.73 Å². The minimum Gasteiger partial charge on any atom is -0.356 e. The molecule has 0 amide bonds. The maximum atomic E-state index is 5.17. The van der Waals surface area contributed by atoms with Crippen molar-refractivity contribution in [1.29, 1.82) is 0 Å². The summed E-state index contributed by atoms with van der Waals surface area (Å²) in [6, 6.07) is 0. The van der Waals surface area contributed by atoms with E-state index < -0.39 is 0 Å². The smallest absolute Gasteiger partial charge is 0.148 e. The Morgan fingerprint density at radius 2 is 2.62 bits per heavy atom. The summed E-state index contributed by atoms with van der Waals surface area (Å²) in [5, 5.41) is 3.03. The minimum absolute atomic E-state index is 0.407. The van der Waals surface area contributed by atoms with Gasteiger partial charge in [0.15, 0.2) is 0 Å². The predicted molar refractivity (Wildman–Crippen MR) is 32.1 cm³/mol. The van der Waals surface area contributed by atoms with E-state index in [0.29, 0.717) is 6.10 Å². The molecule has 0 spiro atoms. The number of hydrogen-bond donors (Lipinski definition) is 1. The molecule has 1 unspecified atom stereocenters. The Kier molecular flexibility index (Phi) is 2.30. The molecule has 8 heavy (non-hydrogen) atoms. The van der Waals surface area contributed by atoms with Gasteiger partial charge in [0, 0.05) is 0 Å². The molecule has 1 aliphatic heterocycles. The fraction of sp³-hybridized carbons (Fsp3) is 0.833. The molecule has 0 aromatic carbocycles. The average Bonchev–Trinajstić information content (AvgIpc) is 1.94. The van der Waals surface area contributed by atoms with E-state index in [1.807, 2.05) is 0 Å². The molecular formula is C6H12NO. The fourth-order valence-electron chi connectivity index (χ4n) is 0.783. The van der Waals surface area contributed by atoms with Crippen molar-refractivity contribution in [2.75, 3.05) is 6.54 Å². The van der Waals surface area contributed by atoms with Gasteiger partial charge in [-0.1, -0.05) is 0 Å². The lowest BCUT2D eigenvalue weighted by Gasteiger charge is -2.04. The van der Waals surface area contributed by atoms with E-state index in [-0.39, 0.29) is 0 Å². The molecule has 0 aromatic rings. The van der Waals surface area contributed by atoms with E-state index in [1.54, 1.807) is 6.73 Å². The van der Waals surface area contributed by atoms with Crippen LogP contribution in [0.5, 0.6) is 0 Å². The summed E-state index contributed by atoms with van der Waals surface area (Å²) in [5.41, 5.74) is 0. The minimum atomic E-state index is 0.407. The molecule has 1 heterocycles.